The van der Waals surface area contributed by atoms with Gasteiger partial charge in [0.25, 0.3) is 0 Å². The van der Waals surface area contributed by atoms with Gasteiger partial charge in [0.15, 0.2) is 11.5 Å². The molecule has 0 bridgehead atoms. The quantitative estimate of drug-likeness (QED) is 0.549. The Morgan fingerprint density at radius 3 is 2.83 bits per heavy atom. The molecule has 1 saturated heterocycles. The number of carbonyl (C=O) groups is 1. The molecule has 1 aliphatic heterocycles. The first-order chi connectivity index (χ1) is 14.7. The molecule has 1 N–H and O–H groups in total. The molecule has 0 aliphatic carbocycles. The second kappa shape index (κ2) is 7.56. The van der Waals surface area contributed by atoms with Gasteiger partial charge in [-0.25, -0.2) is 14.2 Å². The number of carbonyl (C=O) groups excluding carboxylic acids is 1. The number of rotatable bonds is 3. The van der Waals surface area contributed by atoms with Crippen LogP contribution in [0.4, 0.5) is 10.7 Å². The summed E-state index contributed by atoms with van der Waals surface area (Å²) in [6.45, 7) is 6.67. The van der Waals surface area contributed by atoms with E-state index in [0.29, 0.717) is 26.2 Å². The van der Waals surface area contributed by atoms with Crippen LogP contribution in [0.15, 0.2) is 41.8 Å². The van der Waals surface area contributed by atoms with Crippen molar-refractivity contribution in [1.82, 2.24) is 29.8 Å². The number of hydrogen-bond donors (Lipinski definition) is 1. The maximum atomic E-state index is 12.4. The third-order valence-electron chi connectivity index (χ3n) is 5.47. The molecule has 8 nitrogen and oxygen atoms in total. The van der Waals surface area contributed by atoms with E-state index in [4.69, 9.17) is 4.98 Å². The molecule has 0 saturated carbocycles. The molecule has 9 heteroatoms. The van der Waals surface area contributed by atoms with Crippen LogP contribution in [-0.2, 0) is 0 Å². The number of benzene rings is 1. The third-order valence-corrected chi connectivity index (χ3v) is 6.34. The van der Waals surface area contributed by atoms with Crippen molar-refractivity contribution in [2.24, 2.45) is 0 Å². The monoisotopic (exact) mass is 421 g/mol. The number of urea groups is 1. The molecule has 4 heterocycles. The van der Waals surface area contributed by atoms with E-state index in [1.807, 2.05) is 47.5 Å². The smallest absolute Gasteiger partial charge is 0.317 e. The number of nitrogens with zero attached hydrogens (tertiary/aromatic N) is 6. The Kier molecular flexibility index (Phi) is 4.74. The predicted octanol–water partition coefficient (Wildman–Crippen LogP) is 3.25. The largest absolute Gasteiger partial charge is 0.338 e. The van der Waals surface area contributed by atoms with Crippen molar-refractivity contribution in [3.05, 3.63) is 41.8 Å². The van der Waals surface area contributed by atoms with Crippen molar-refractivity contribution in [2.75, 3.05) is 31.1 Å². The Labute approximate surface area is 178 Å². The molecule has 4 aromatic rings. The first-order valence-electron chi connectivity index (χ1n) is 10.1. The molecule has 1 fully saturated rings. The zero-order chi connectivity index (χ0) is 20.7. The molecule has 5 rings (SSSR count). The highest BCUT2D eigenvalue weighted by Crippen LogP contribution is 2.31. The highest BCUT2D eigenvalue weighted by Gasteiger charge is 2.30. The second-order valence-corrected chi connectivity index (χ2v) is 8.36. The van der Waals surface area contributed by atoms with Gasteiger partial charge in [0, 0.05) is 37.6 Å². The van der Waals surface area contributed by atoms with Crippen LogP contribution in [-0.4, -0.2) is 62.7 Å². The lowest BCUT2D eigenvalue weighted by Crippen LogP contribution is -2.57. The summed E-state index contributed by atoms with van der Waals surface area (Å²) < 4.78 is 2.06. The second-order valence-electron chi connectivity index (χ2n) is 7.41. The summed E-state index contributed by atoms with van der Waals surface area (Å²) in [4.78, 5) is 22.5. The lowest BCUT2D eigenvalue weighted by Gasteiger charge is -2.40. The van der Waals surface area contributed by atoms with Crippen LogP contribution in [0.3, 0.4) is 0 Å². The number of hydrogen-bond acceptors (Lipinski definition) is 6. The van der Waals surface area contributed by atoms with Gasteiger partial charge in [-0.3, -0.25) is 0 Å². The van der Waals surface area contributed by atoms with Crippen LogP contribution in [0.2, 0.25) is 0 Å². The maximum absolute atomic E-state index is 12.4. The molecule has 0 radical (unpaired) electrons. The van der Waals surface area contributed by atoms with Crippen molar-refractivity contribution >= 4 is 39.9 Å². The summed E-state index contributed by atoms with van der Waals surface area (Å²) in [5, 5.41) is 15.0. The van der Waals surface area contributed by atoms with E-state index >= 15 is 0 Å². The lowest BCUT2D eigenvalue weighted by molar-refractivity contribution is 0.171. The van der Waals surface area contributed by atoms with Crippen molar-refractivity contribution in [2.45, 2.75) is 19.9 Å². The molecular weight excluding hydrogens is 398 g/mol. The molecule has 1 aliphatic rings. The first-order valence-corrected chi connectivity index (χ1v) is 11.0. The van der Waals surface area contributed by atoms with Gasteiger partial charge in [-0.1, -0.05) is 18.2 Å². The Bertz CT molecular complexity index is 1200. The predicted molar refractivity (Wildman–Crippen MR) is 119 cm³/mol. The minimum Gasteiger partial charge on any atom is -0.338 e. The van der Waals surface area contributed by atoms with E-state index in [2.05, 4.69) is 37.8 Å². The van der Waals surface area contributed by atoms with Gasteiger partial charge >= 0.3 is 6.03 Å². The van der Waals surface area contributed by atoms with Crippen molar-refractivity contribution in [3.8, 4) is 10.7 Å². The fraction of sp³-hybridized carbons (Fsp3) is 0.333. The van der Waals surface area contributed by atoms with Crippen molar-refractivity contribution < 1.29 is 4.79 Å². The van der Waals surface area contributed by atoms with Gasteiger partial charge in [-0.2, -0.15) is 0 Å². The normalized spacial score (nSPS) is 17.1. The van der Waals surface area contributed by atoms with Crippen LogP contribution in [0, 0.1) is 0 Å². The average molecular weight is 422 g/mol. The summed E-state index contributed by atoms with van der Waals surface area (Å²) in [6.07, 6.45) is 0. The van der Waals surface area contributed by atoms with Crippen molar-refractivity contribution in [1.29, 1.82) is 0 Å². The first kappa shape index (κ1) is 18.8. The summed E-state index contributed by atoms with van der Waals surface area (Å²) in [5.74, 6) is 1.62. The number of piperazine rings is 1. The molecule has 30 heavy (non-hydrogen) atoms. The summed E-state index contributed by atoms with van der Waals surface area (Å²) in [7, 11) is 0. The maximum Gasteiger partial charge on any atom is 0.317 e. The number of thiophene rings is 1. The van der Waals surface area contributed by atoms with Crippen LogP contribution in [0.5, 0.6) is 0 Å². The lowest BCUT2D eigenvalue weighted by atomic mass is 10.2. The molecule has 3 aromatic heterocycles. The fourth-order valence-corrected chi connectivity index (χ4v) is 4.74. The van der Waals surface area contributed by atoms with E-state index in [-0.39, 0.29) is 12.1 Å². The number of aromatic nitrogens is 4. The zero-order valence-corrected chi connectivity index (χ0v) is 17.8. The van der Waals surface area contributed by atoms with E-state index in [0.717, 1.165) is 33.2 Å². The molecule has 1 aromatic carbocycles. The SMILES string of the molecule is CCNC(=O)N1CCN(c2nc3ccccc3c3nnc(-c4cccs4)n23)C[C@@H]1C. The number of para-hydroxylation sites is 1. The molecule has 154 valence electrons. The van der Waals surface area contributed by atoms with Crippen LogP contribution >= 0.6 is 11.3 Å². The third kappa shape index (κ3) is 3.06. The van der Waals surface area contributed by atoms with Crippen LogP contribution in [0.25, 0.3) is 27.3 Å². The van der Waals surface area contributed by atoms with E-state index in [9.17, 15) is 4.79 Å². The van der Waals surface area contributed by atoms with E-state index < -0.39 is 0 Å². The Hall–Kier alpha value is -3.20. The van der Waals surface area contributed by atoms with Gasteiger partial charge in [0.05, 0.1) is 10.4 Å². The number of anilines is 1. The van der Waals surface area contributed by atoms with Crippen molar-refractivity contribution in [3.63, 3.8) is 0 Å². The standard InChI is InChI=1S/C21H23N7OS/c1-3-22-21(29)27-11-10-26(13-14(27)2)20-23-16-8-5-4-7-15(16)18-24-25-19(28(18)20)17-9-6-12-30-17/h4-9,12,14H,3,10-11,13H2,1-2H3,(H,22,29)/t14-/m0/s1. The summed E-state index contributed by atoms with van der Waals surface area (Å²) in [5.41, 5.74) is 1.70. The minimum atomic E-state index is -0.00941. The molecule has 1 atom stereocenters. The number of fused-ring (bicyclic) bond motifs is 3. The van der Waals surface area contributed by atoms with Gasteiger partial charge < -0.3 is 15.1 Å². The highest BCUT2D eigenvalue weighted by atomic mass is 32.1. The minimum absolute atomic E-state index is 0.00941. The van der Waals surface area contributed by atoms with E-state index in [1.165, 1.54) is 0 Å². The van der Waals surface area contributed by atoms with Gasteiger partial charge in [0.1, 0.15) is 0 Å². The van der Waals surface area contributed by atoms with Crippen LogP contribution in [0.1, 0.15) is 13.8 Å². The molecule has 0 spiro atoms. The topological polar surface area (TPSA) is 78.7 Å². The molecule has 0 unspecified atom stereocenters. The van der Waals surface area contributed by atoms with Gasteiger partial charge in [0.2, 0.25) is 5.95 Å². The fourth-order valence-electron chi connectivity index (χ4n) is 4.04. The molecule has 2 amide bonds. The molecular formula is C21H23N7OS. The van der Waals surface area contributed by atoms with Gasteiger partial charge in [-0.05, 0) is 37.4 Å². The van der Waals surface area contributed by atoms with Crippen LogP contribution < -0.4 is 10.2 Å². The average Bonchev–Trinajstić information content (AvgIpc) is 3.43. The van der Waals surface area contributed by atoms with E-state index in [1.54, 1.807) is 11.3 Å². The Morgan fingerprint density at radius 2 is 2.07 bits per heavy atom. The Balaban J connectivity index is 1.61. The summed E-state index contributed by atoms with van der Waals surface area (Å²) in [6, 6.07) is 12.1. The van der Waals surface area contributed by atoms with Gasteiger partial charge in [-0.15, -0.1) is 21.5 Å². The summed E-state index contributed by atoms with van der Waals surface area (Å²) >= 11 is 1.64. The number of nitrogens with one attached hydrogen (secondary N) is 1. The zero-order valence-electron chi connectivity index (χ0n) is 16.9. The number of amides is 2. The highest BCUT2D eigenvalue weighted by molar-refractivity contribution is 7.13. The Morgan fingerprint density at radius 1 is 1.20 bits per heavy atom.